The number of carbonyl (C=O) groups excluding carboxylic acids is 2. The van der Waals surface area contributed by atoms with Crippen molar-refractivity contribution >= 4 is 34.7 Å². The molecule has 152 valence electrons. The third-order valence-corrected chi connectivity index (χ3v) is 4.44. The molecule has 0 bridgehead atoms. The highest BCUT2D eigenvalue weighted by molar-refractivity contribution is 6.00. The van der Waals surface area contributed by atoms with E-state index in [0.717, 1.165) is 19.3 Å². The number of aromatic nitrogens is 1. The quantitative estimate of drug-likeness (QED) is 0.525. The highest BCUT2D eigenvalue weighted by Gasteiger charge is 2.24. The van der Waals surface area contributed by atoms with Crippen LogP contribution >= 0.6 is 0 Å². The highest BCUT2D eigenvalue weighted by Crippen LogP contribution is 2.30. The molecule has 0 saturated heterocycles. The Morgan fingerprint density at radius 2 is 1.90 bits per heavy atom. The number of rotatable bonds is 8. The molecular formula is C22H24N2O5. The first-order valence-electron chi connectivity index (χ1n) is 9.51. The van der Waals surface area contributed by atoms with Gasteiger partial charge in [0.2, 0.25) is 0 Å². The number of ether oxygens (including phenoxy) is 2. The fourth-order valence-corrected chi connectivity index (χ4v) is 2.90. The second-order valence-corrected chi connectivity index (χ2v) is 6.61. The largest absolute Gasteiger partial charge is 0.497 e. The van der Waals surface area contributed by atoms with Crippen molar-refractivity contribution in [2.75, 3.05) is 18.6 Å². The summed E-state index contributed by atoms with van der Waals surface area (Å²) in [5.74, 6) is -0.356. The van der Waals surface area contributed by atoms with Gasteiger partial charge in [0.05, 0.1) is 12.8 Å². The molecule has 3 aromatic rings. The number of esters is 1. The zero-order chi connectivity index (χ0) is 20.8. The normalized spacial score (nSPS) is 10.7. The van der Waals surface area contributed by atoms with E-state index in [-0.39, 0.29) is 6.01 Å². The number of hydrogen-bond acceptors (Lipinski definition) is 6. The zero-order valence-corrected chi connectivity index (χ0v) is 16.8. The van der Waals surface area contributed by atoms with Gasteiger partial charge in [0, 0.05) is 13.0 Å². The van der Waals surface area contributed by atoms with Crippen LogP contribution in [0, 0.1) is 0 Å². The van der Waals surface area contributed by atoms with Gasteiger partial charge in [-0.25, -0.2) is 4.90 Å². The monoisotopic (exact) mass is 396 g/mol. The molecule has 0 aliphatic rings. The number of amides is 1. The van der Waals surface area contributed by atoms with Gasteiger partial charge in [0.1, 0.15) is 11.3 Å². The molecule has 7 heteroatoms. The Bertz CT molecular complexity index is 994. The van der Waals surface area contributed by atoms with Crippen molar-refractivity contribution in [1.82, 2.24) is 4.98 Å². The molecule has 0 aliphatic heterocycles. The van der Waals surface area contributed by atoms with E-state index in [4.69, 9.17) is 13.9 Å². The average molecular weight is 396 g/mol. The van der Waals surface area contributed by atoms with E-state index in [9.17, 15) is 9.59 Å². The molecule has 1 amide bonds. The molecule has 0 fully saturated rings. The number of benzene rings is 2. The maximum absolute atomic E-state index is 12.8. The predicted molar refractivity (Wildman–Crippen MR) is 109 cm³/mol. The molecule has 29 heavy (non-hydrogen) atoms. The first kappa shape index (κ1) is 20.4. The SMILES string of the molecule is CCCCc1ccc(N(C(=O)COC(C)=O)c2nc3cc(OC)ccc3o2)cc1. The van der Waals surface area contributed by atoms with Gasteiger partial charge in [-0.15, -0.1) is 0 Å². The molecule has 1 heterocycles. The van der Waals surface area contributed by atoms with Crippen molar-refractivity contribution in [3.63, 3.8) is 0 Å². The van der Waals surface area contributed by atoms with Crippen molar-refractivity contribution in [3.05, 3.63) is 48.0 Å². The minimum atomic E-state index is -0.532. The molecule has 0 spiro atoms. The predicted octanol–water partition coefficient (Wildman–Crippen LogP) is 4.41. The smallest absolute Gasteiger partial charge is 0.310 e. The van der Waals surface area contributed by atoms with E-state index in [1.807, 2.05) is 24.3 Å². The van der Waals surface area contributed by atoms with Crippen LogP contribution in [0.15, 0.2) is 46.9 Å². The summed E-state index contributed by atoms with van der Waals surface area (Å²) in [7, 11) is 1.57. The second-order valence-electron chi connectivity index (χ2n) is 6.61. The Morgan fingerprint density at radius 1 is 1.14 bits per heavy atom. The number of methoxy groups -OCH3 is 1. The fourth-order valence-electron chi connectivity index (χ4n) is 2.90. The zero-order valence-electron chi connectivity index (χ0n) is 16.8. The Kier molecular flexibility index (Phi) is 6.49. The topological polar surface area (TPSA) is 81.9 Å². The Labute approximate surface area is 169 Å². The van der Waals surface area contributed by atoms with Crippen LogP contribution in [0.3, 0.4) is 0 Å². The summed E-state index contributed by atoms with van der Waals surface area (Å²) in [6.45, 7) is 2.99. The fraction of sp³-hybridized carbons (Fsp3) is 0.318. The number of unbranched alkanes of at least 4 members (excludes halogenated alkanes) is 1. The third kappa shape index (κ3) is 4.93. The van der Waals surface area contributed by atoms with Crippen LogP contribution in [0.1, 0.15) is 32.3 Å². The Hall–Kier alpha value is -3.35. The summed E-state index contributed by atoms with van der Waals surface area (Å²) in [6, 6.07) is 12.9. The molecule has 0 N–H and O–H groups in total. The summed E-state index contributed by atoms with van der Waals surface area (Å²) in [5.41, 5.74) is 2.85. The lowest BCUT2D eigenvalue weighted by atomic mass is 10.1. The third-order valence-electron chi connectivity index (χ3n) is 4.44. The Balaban J connectivity index is 1.96. The molecule has 0 unspecified atom stereocenters. The number of oxazole rings is 1. The number of fused-ring (bicyclic) bond motifs is 1. The standard InChI is InChI=1S/C22H24N2O5/c1-4-5-6-16-7-9-17(10-8-16)24(21(26)14-28-15(2)25)22-23-19-13-18(27-3)11-12-20(19)29-22/h7-13H,4-6,14H2,1-3H3. The first-order chi connectivity index (χ1) is 14.0. The van der Waals surface area contributed by atoms with Gasteiger partial charge in [0.25, 0.3) is 5.91 Å². The summed E-state index contributed by atoms with van der Waals surface area (Å²) in [6.07, 6.45) is 3.18. The van der Waals surface area contributed by atoms with E-state index < -0.39 is 18.5 Å². The van der Waals surface area contributed by atoms with Gasteiger partial charge in [-0.3, -0.25) is 9.59 Å². The van der Waals surface area contributed by atoms with Crippen molar-refractivity contribution < 1.29 is 23.5 Å². The van der Waals surface area contributed by atoms with Crippen molar-refractivity contribution in [1.29, 1.82) is 0 Å². The van der Waals surface area contributed by atoms with Gasteiger partial charge in [0.15, 0.2) is 12.2 Å². The number of nitrogens with zero attached hydrogens (tertiary/aromatic N) is 2. The van der Waals surface area contributed by atoms with Crippen LogP contribution < -0.4 is 9.64 Å². The number of hydrogen-bond donors (Lipinski definition) is 0. The first-order valence-corrected chi connectivity index (χ1v) is 9.51. The van der Waals surface area contributed by atoms with Crippen molar-refractivity contribution in [2.24, 2.45) is 0 Å². The van der Waals surface area contributed by atoms with Crippen LogP contribution in [0.5, 0.6) is 5.75 Å². The summed E-state index contributed by atoms with van der Waals surface area (Å²) < 4.78 is 15.9. The van der Waals surface area contributed by atoms with Crippen LogP contribution in [-0.4, -0.2) is 30.6 Å². The Morgan fingerprint density at radius 3 is 2.55 bits per heavy atom. The maximum Gasteiger partial charge on any atom is 0.310 e. The van der Waals surface area contributed by atoms with Gasteiger partial charge in [-0.05, 0) is 42.7 Å². The summed E-state index contributed by atoms with van der Waals surface area (Å²) in [4.78, 5) is 29.7. The summed E-state index contributed by atoms with van der Waals surface area (Å²) in [5, 5.41) is 0. The van der Waals surface area contributed by atoms with Crippen LogP contribution in [0.25, 0.3) is 11.1 Å². The molecule has 0 saturated carbocycles. The second kappa shape index (κ2) is 9.23. The minimum Gasteiger partial charge on any atom is -0.497 e. The van der Waals surface area contributed by atoms with Gasteiger partial charge < -0.3 is 13.9 Å². The van der Waals surface area contributed by atoms with E-state index >= 15 is 0 Å². The van der Waals surface area contributed by atoms with E-state index in [1.165, 1.54) is 17.4 Å². The lowest BCUT2D eigenvalue weighted by molar-refractivity contribution is -0.145. The van der Waals surface area contributed by atoms with Crippen LogP contribution in [0.2, 0.25) is 0 Å². The highest BCUT2D eigenvalue weighted by atomic mass is 16.5. The van der Waals surface area contributed by atoms with Crippen LogP contribution in [-0.2, 0) is 20.7 Å². The van der Waals surface area contributed by atoms with Gasteiger partial charge in [-0.1, -0.05) is 25.5 Å². The molecule has 0 radical (unpaired) electrons. The lowest BCUT2D eigenvalue weighted by Gasteiger charge is -2.19. The van der Waals surface area contributed by atoms with E-state index in [0.29, 0.717) is 22.5 Å². The minimum absolute atomic E-state index is 0.103. The van der Waals surface area contributed by atoms with Gasteiger partial charge >= 0.3 is 12.0 Å². The molecule has 0 atom stereocenters. The van der Waals surface area contributed by atoms with Crippen molar-refractivity contribution in [3.8, 4) is 5.75 Å². The maximum atomic E-state index is 12.8. The molecule has 2 aromatic carbocycles. The number of anilines is 2. The molecule has 7 nitrogen and oxygen atoms in total. The van der Waals surface area contributed by atoms with Crippen molar-refractivity contribution in [2.45, 2.75) is 33.1 Å². The molecule has 0 aliphatic carbocycles. The summed E-state index contributed by atoms with van der Waals surface area (Å²) >= 11 is 0. The molecule has 1 aromatic heterocycles. The van der Waals surface area contributed by atoms with E-state index in [1.54, 1.807) is 25.3 Å². The number of carbonyl (C=O) groups is 2. The molecule has 3 rings (SSSR count). The average Bonchev–Trinajstić information content (AvgIpc) is 3.14. The van der Waals surface area contributed by atoms with Crippen LogP contribution in [0.4, 0.5) is 11.7 Å². The van der Waals surface area contributed by atoms with Gasteiger partial charge in [-0.2, -0.15) is 4.98 Å². The lowest BCUT2D eigenvalue weighted by Crippen LogP contribution is -2.30. The van der Waals surface area contributed by atoms with E-state index in [2.05, 4.69) is 11.9 Å². The number of aryl methyl sites for hydroxylation is 1. The molecular weight excluding hydrogens is 372 g/mol.